The third-order valence-corrected chi connectivity index (χ3v) is 4.80. The number of amides is 2. The van der Waals surface area contributed by atoms with Crippen LogP contribution in [0.4, 0.5) is 16.3 Å². The van der Waals surface area contributed by atoms with Crippen LogP contribution < -0.4 is 10.6 Å². The van der Waals surface area contributed by atoms with Crippen molar-refractivity contribution in [3.63, 3.8) is 0 Å². The highest BCUT2D eigenvalue weighted by Gasteiger charge is 2.54. The summed E-state index contributed by atoms with van der Waals surface area (Å²) in [7, 11) is 0. The van der Waals surface area contributed by atoms with Gasteiger partial charge in [0.25, 0.3) is 5.91 Å². The molecule has 3 heterocycles. The third-order valence-electron chi connectivity index (χ3n) is 4.80. The van der Waals surface area contributed by atoms with E-state index >= 15 is 0 Å². The van der Waals surface area contributed by atoms with Crippen LogP contribution in [0.5, 0.6) is 0 Å². The number of aromatic nitrogens is 1. The zero-order valence-electron chi connectivity index (χ0n) is 15.1. The molecule has 2 N–H and O–H groups in total. The van der Waals surface area contributed by atoms with E-state index in [9.17, 15) is 9.59 Å². The Morgan fingerprint density at radius 1 is 1.24 bits per heavy atom. The highest BCUT2D eigenvalue weighted by molar-refractivity contribution is 6.03. The topological polar surface area (TPSA) is 88.8 Å². The minimum Gasteiger partial charge on any atom is -0.444 e. The monoisotopic (exact) mass is 346 g/mol. The van der Waals surface area contributed by atoms with Gasteiger partial charge in [-0.15, -0.1) is 0 Å². The Kier molecular flexibility index (Phi) is 4.34. The molecule has 1 unspecified atom stereocenters. The van der Waals surface area contributed by atoms with Crippen LogP contribution in [0.1, 0.15) is 46.5 Å². The number of hydrogen-bond acceptors (Lipinski definition) is 5. The van der Waals surface area contributed by atoms with Gasteiger partial charge in [-0.25, -0.2) is 9.78 Å². The van der Waals surface area contributed by atoms with E-state index in [2.05, 4.69) is 4.98 Å². The molecule has 0 radical (unpaired) electrons. The molecule has 136 valence electrons. The lowest BCUT2D eigenvalue weighted by Crippen LogP contribution is -2.62. The Balaban J connectivity index is 1.87. The van der Waals surface area contributed by atoms with Crippen molar-refractivity contribution >= 4 is 23.5 Å². The van der Waals surface area contributed by atoms with Crippen LogP contribution in [0.2, 0.25) is 0 Å². The summed E-state index contributed by atoms with van der Waals surface area (Å²) in [6.45, 7) is 6.68. The van der Waals surface area contributed by atoms with E-state index in [1.807, 2.05) is 20.8 Å². The van der Waals surface area contributed by atoms with Crippen LogP contribution in [0, 0.1) is 0 Å². The molecule has 1 aromatic rings. The standard InChI is InChI=1S/C18H26N4O3/c1-17(2,3)25-16(24)22-11-5-9-18(22)8-4-10-21(15(18)23)13-6-7-14(19)20-12-13/h6-7,12H,4-5,8-11H2,1-3H3,(H2,19,20). The molecule has 0 saturated carbocycles. The van der Waals surface area contributed by atoms with Crippen molar-refractivity contribution in [2.24, 2.45) is 0 Å². The van der Waals surface area contributed by atoms with Gasteiger partial charge in [-0.05, 0) is 58.6 Å². The summed E-state index contributed by atoms with van der Waals surface area (Å²) in [6, 6.07) is 3.48. The summed E-state index contributed by atoms with van der Waals surface area (Å²) in [6.07, 6.45) is 4.18. The molecule has 2 aliphatic rings. The van der Waals surface area contributed by atoms with Crippen LogP contribution in [-0.4, -0.2) is 46.1 Å². The van der Waals surface area contributed by atoms with Gasteiger partial charge in [0.2, 0.25) is 0 Å². The molecule has 7 heteroatoms. The predicted molar refractivity (Wildman–Crippen MR) is 95.1 cm³/mol. The molecule has 7 nitrogen and oxygen atoms in total. The highest BCUT2D eigenvalue weighted by atomic mass is 16.6. The van der Waals surface area contributed by atoms with E-state index in [0.717, 1.165) is 12.8 Å². The molecule has 3 rings (SSSR count). The smallest absolute Gasteiger partial charge is 0.411 e. The number of ether oxygens (including phenoxy) is 1. The Morgan fingerprint density at radius 3 is 2.52 bits per heavy atom. The number of carbonyl (C=O) groups excluding carboxylic acids is 2. The number of carbonyl (C=O) groups is 2. The first kappa shape index (κ1) is 17.5. The minimum absolute atomic E-state index is 0.0475. The van der Waals surface area contributed by atoms with E-state index in [-0.39, 0.29) is 5.91 Å². The van der Waals surface area contributed by atoms with Crippen LogP contribution in [-0.2, 0) is 9.53 Å². The Bertz CT molecular complexity index is 668. The van der Waals surface area contributed by atoms with Crippen molar-refractivity contribution < 1.29 is 14.3 Å². The highest BCUT2D eigenvalue weighted by Crippen LogP contribution is 2.40. The van der Waals surface area contributed by atoms with E-state index in [4.69, 9.17) is 10.5 Å². The molecule has 2 saturated heterocycles. The van der Waals surface area contributed by atoms with Gasteiger partial charge in [-0.3, -0.25) is 9.69 Å². The minimum atomic E-state index is -0.804. The molecular weight excluding hydrogens is 320 g/mol. The van der Waals surface area contributed by atoms with Gasteiger partial charge >= 0.3 is 6.09 Å². The van der Waals surface area contributed by atoms with E-state index in [1.165, 1.54) is 0 Å². The van der Waals surface area contributed by atoms with Crippen LogP contribution >= 0.6 is 0 Å². The van der Waals surface area contributed by atoms with Crippen molar-refractivity contribution in [2.75, 3.05) is 23.7 Å². The molecule has 0 bridgehead atoms. The molecule has 0 aromatic carbocycles. The lowest BCUT2D eigenvalue weighted by Gasteiger charge is -2.44. The fraction of sp³-hybridized carbons (Fsp3) is 0.611. The summed E-state index contributed by atoms with van der Waals surface area (Å²) in [5, 5.41) is 0. The number of likely N-dealkylation sites (tertiary alicyclic amines) is 1. The maximum Gasteiger partial charge on any atom is 0.411 e. The number of nitrogen functional groups attached to an aromatic ring is 1. The largest absolute Gasteiger partial charge is 0.444 e. The zero-order valence-corrected chi connectivity index (χ0v) is 15.1. The first-order chi connectivity index (χ1) is 11.7. The number of pyridine rings is 1. The first-order valence-electron chi connectivity index (χ1n) is 8.77. The summed E-state index contributed by atoms with van der Waals surface area (Å²) >= 11 is 0. The van der Waals surface area contributed by atoms with Gasteiger partial charge in [0.15, 0.2) is 0 Å². The van der Waals surface area contributed by atoms with Crippen molar-refractivity contribution in [1.29, 1.82) is 0 Å². The normalized spacial score (nSPS) is 24.0. The number of hydrogen-bond donors (Lipinski definition) is 1. The lowest BCUT2D eigenvalue weighted by molar-refractivity contribution is -0.131. The number of anilines is 2. The molecule has 1 spiro atoms. The zero-order chi connectivity index (χ0) is 18.2. The van der Waals surface area contributed by atoms with Crippen molar-refractivity contribution in [3.05, 3.63) is 18.3 Å². The number of nitrogens with zero attached hydrogens (tertiary/aromatic N) is 3. The van der Waals surface area contributed by atoms with Gasteiger partial charge in [-0.1, -0.05) is 0 Å². The second kappa shape index (κ2) is 6.20. The van der Waals surface area contributed by atoms with Gasteiger partial charge < -0.3 is 15.4 Å². The third kappa shape index (κ3) is 3.27. The summed E-state index contributed by atoms with van der Waals surface area (Å²) in [5.41, 5.74) is 4.97. The molecule has 2 aliphatic heterocycles. The molecule has 2 fully saturated rings. The average Bonchev–Trinajstić information content (AvgIpc) is 2.94. The Labute approximate surface area is 148 Å². The fourth-order valence-electron chi connectivity index (χ4n) is 3.74. The Morgan fingerprint density at radius 2 is 1.92 bits per heavy atom. The second-order valence-electron chi connectivity index (χ2n) is 7.77. The SMILES string of the molecule is CC(C)(C)OC(=O)N1CCCC12CCCN(c1ccc(N)nc1)C2=O. The molecular formula is C18H26N4O3. The molecule has 25 heavy (non-hydrogen) atoms. The number of rotatable bonds is 1. The quantitative estimate of drug-likeness (QED) is 0.844. The predicted octanol–water partition coefficient (Wildman–Crippen LogP) is 2.56. The van der Waals surface area contributed by atoms with Gasteiger partial charge in [-0.2, -0.15) is 0 Å². The maximum absolute atomic E-state index is 13.3. The summed E-state index contributed by atoms with van der Waals surface area (Å²) < 4.78 is 5.54. The van der Waals surface area contributed by atoms with Crippen molar-refractivity contribution in [1.82, 2.24) is 9.88 Å². The molecule has 0 aliphatic carbocycles. The van der Waals surface area contributed by atoms with E-state index < -0.39 is 17.2 Å². The number of piperidine rings is 1. The molecule has 1 aromatic heterocycles. The van der Waals surface area contributed by atoms with Crippen molar-refractivity contribution in [3.8, 4) is 0 Å². The van der Waals surface area contributed by atoms with E-state index in [0.29, 0.717) is 37.4 Å². The van der Waals surface area contributed by atoms with Gasteiger partial charge in [0.1, 0.15) is 17.0 Å². The van der Waals surface area contributed by atoms with Gasteiger partial charge in [0, 0.05) is 13.1 Å². The van der Waals surface area contributed by atoms with Gasteiger partial charge in [0.05, 0.1) is 11.9 Å². The second-order valence-corrected chi connectivity index (χ2v) is 7.77. The fourth-order valence-corrected chi connectivity index (χ4v) is 3.74. The average molecular weight is 346 g/mol. The van der Waals surface area contributed by atoms with E-state index in [1.54, 1.807) is 28.1 Å². The van der Waals surface area contributed by atoms with Crippen molar-refractivity contribution in [2.45, 2.75) is 57.6 Å². The summed E-state index contributed by atoms with van der Waals surface area (Å²) in [5.74, 6) is 0.368. The van der Waals surface area contributed by atoms with Crippen LogP contribution in [0.15, 0.2) is 18.3 Å². The van der Waals surface area contributed by atoms with Crippen LogP contribution in [0.3, 0.4) is 0 Å². The first-order valence-corrected chi connectivity index (χ1v) is 8.77. The maximum atomic E-state index is 13.3. The summed E-state index contributed by atoms with van der Waals surface area (Å²) in [4.78, 5) is 33.4. The van der Waals surface area contributed by atoms with Crippen LogP contribution in [0.25, 0.3) is 0 Å². The molecule has 2 amide bonds. The number of nitrogens with two attached hydrogens (primary N) is 1. The Hall–Kier alpha value is -2.31. The molecule has 1 atom stereocenters. The lowest BCUT2D eigenvalue weighted by atomic mass is 9.85.